The minimum atomic E-state index is -1.27. The summed E-state index contributed by atoms with van der Waals surface area (Å²) in [6.45, 7) is 6.85. The normalized spacial score (nSPS) is 47.6. The number of carbonyl (C=O) groups is 3. The maximum atomic E-state index is 12.9. The van der Waals surface area contributed by atoms with Gasteiger partial charge in [0.1, 0.15) is 12.7 Å². The second-order valence-corrected chi connectivity index (χ2v) is 11.4. The number of rotatable bonds is 4. The first-order valence-corrected chi connectivity index (χ1v) is 12.2. The molecule has 2 N–H and O–H groups in total. The van der Waals surface area contributed by atoms with Crippen LogP contribution in [0.1, 0.15) is 79.1 Å². The van der Waals surface area contributed by atoms with Gasteiger partial charge >= 0.3 is 11.9 Å². The van der Waals surface area contributed by atoms with Crippen LogP contribution in [0.4, 0.5) is 0 Å². The molecule has 7 nitrogen and oxygen atoms in total. The lowest BCUT2D eigenvalue weighted by atomic mass is 9.42. The largest absolute Gasteiger partial charge is 0.462 e. The Balaban J connectivity index is 1.56. The highest BCUT2D eigenvalue weighted by atomic mass is 16.5. The Hall–Kier alpha value is -1.47. The van der Waals surface area contributed by atoms with Crippen LogP contribution in [0.25, 0.3) is 0 Å². The highest BCUT2D eigenvalue weighted by Gasteiger charge is 2.68. The molecule has 0 bridgehead atoms. The van der Waals surface area contributed by atoms with Crippen molar-refractivity contribution < 1.29 is 34.1 Å². The van der Waals surface area contributed by atoms with Crippen LogP contribution in [0.3, 0.4) is 0 Å². The molecule has 9 atom stereocenters. The fraction of sp³-hybridized carbons (Fsp3) is 0.880. The van der Waals surface area contributed by atoms with Crippen molar-refractivity contribution in [3.05, 3.63) is 0 Å². The van der Waals surface area contributed by atoms with Gasteiger partial charge in [-0.2, -0.15) is 0 Å². The number of ether oxygens (including phenoxy) is 2. The van der Waals surface area contributed by atoms with E-state index in [1.54, 1.807) is 0 Å². The van der Waals surface area contributed by atoms with E-state index in [2.05, 4.69) is 13.8 Å². The Morgan fingerprint density at radius 3 is 2.34 bits per heavy atom. The van der Waals surface area contributed by atoms with E-state index in [0.29, 0.717) is 25.2 Å². The molecule has 4 aliphatic rings. The average Bonchev–Trinajstić information content (AvgIpc) is 3.05. The van der Waals surface area contributed by atoms with Gasteiger partial charge in [-0.05, 0) is 68.1 Å². The summed E-state index contributed by atoms with van der Waals surface area (Å²) >= 11 is 0. The lowest BCUT2D eigenvalue weighted by Gasteiger charge is -2.65. The molecule has 4 aliphatic carbocycles. The van der Waals surface area contributed by atoms with Crippen molar-refractivity contribution in [1.82, 2.24) is 0 Å². The molecule has 0 spiro atoms. The Kier molecular flexibility index (Phi) is 5.98. The Morgan fingerprint density at radius 2 is 1.69 bits per heavy atom. The number of aliphatic hydroxyl groups excluding tert-OH is 1. The van der Waals surface area contributed by atoms with Crippen molar-refractivity contribution in [2.24, 2.45) is 34.5 Å². The molecule has 0 aromatic heterocycles. The van der Waals surface area contributed by atoms with Crippen LogP contribution >= 0.6 is 0 Å². The maximum absolute atomic E-state index is 12.9. The van der Waals surface area contributed by atoms with Gasteiger partial charge in [0.2, 0.25) is 0 Å². The van der Waals surface area contributed by atoms with Crippen LogP contribution in [0, 0.1) is 34.5 Å². The van der Waals surface area contributed by atoms with Gasteiger partial charge in [-0.25, -0.2) is 0 Å². The molecule has 0 aromatic rings. The predicted octanol–water partition coefficient (Wildman–Crippen LogP) is 2.79. The molecule has 0 heterocycles. The number of fused-ring (bicyclic) bond motifs is 5. The number of Topliss-reactive ketones (excluding diaryl/α,β-unsaturated/α-hetero) is 1. The molecule has 0 amide bonds. The molecular formula is C25H38O7. The summed E-state index contributed by atoms with van der Waals surface area (Å²) in [4.78, 5) is 35.5. The van der Waals surface area contributed by atoms with Gasteiger partial charge in [0, 0.05) is 31.6 Å². The van der Waals surface area contributed by atoms with Gasteiger partial charge in [-0.15, -0.1) is 0 Å². The summed E-state index contributed by atoms with van der Waals surface area (Å²) in [6.07, 6.45) is 4.45. The molecule has 32 heavy (non-hydrogen) atoms. The summed E-state index contributed by atoms with van der Waals surface area (Å²) in [5.41, 5.74) is -1.89. The summed E-state index contributed by atoms with van der Waals surface area (Å²) in [5, 5.41) is 23.0. The Labute approximate surface area is 190 Å². The van der Waals surface area contributed by atoms with E-state index in [0.717, 1.165) is 25.7 Å². The van der Waals surface area contributed by atoms with E-state index >= 15 is 0 Å². The van der Waals surface area contributed by atoms with E-state index in [4.69, 9.17) is 9.47 Å². The van der Waals surface area contributed by atoms with Crippen LogP contribution in [-0.4, -0.2) is 52.4 Å². The molecule has 0 aromatic carbocycles. The smallest absolute Gasteiger partial charge is 0.303 e. The summed E-state index contributed by atoms with van der Waals surface area (Å²) in [5.74, 6) is -0.110. The Bertz CT molecular complexity index is 795. The highest BCUT2D eigenvalue weighted by molar-refractivity contribution is 5.85. The second kappa shape index (κ2) is 8.08. The van der Waals surface area contributed by atoms with E-state index < -0.39 is 23.1 Å². The molecular weight excluding hydrogens is 412 g/mol. The zero-order chi connectivity index (χ0) is 23.5. The van der Waals surface area contributed by atoms with Crippen LogP contribution in [0.2, 0.25) is 0 Å². The van der Waals surface area contributed by atoms with Gasteiger partial charge in [0.15, 0.2) is 5.78 Å². The van der Waals surface area contributed by atoms with E-state index in [-0.39, 0.29) is 54.1 Å². The topological polar surface area (TPSA) is 110 Å². The number of hydrogen-bond acceptors (Lipinski definition) is 7. The van der Waals surface area contributed by atoms with Gasteiger partial charge in [-0.3, -0.25) is 14.4 Å². The third-order valence-corrected chi connectivity index (χ3v) is 9.95. The van der Waals surface area contributed by atoms with Crippen molar-refractivity contribution in [2.75, 3.05) is 6.61 Å². The fourth-order valence-corrected chi connectivity index (χ4v) is 8.38. The second-order valence-electron chi connectivity index (χ2n) is 11.4. The maximum Gasteiger partial charge on any atom is 0.303 e. The minimum absolute atomic E-state index is 0.00427. The molecule has 0 unspecified atom stereocenters. The molecule has 180 valence electrons. The minimum Gasteiger partial charge on any atom is -0.462 e. The third-order valence-electron chi connectivity index (χ3n) is 9.95. The van der Waals surface area contributed by atoms with Crippen molar-refractivity contribution >= 4 is 17.7 Å². The molecule has 0 aliphatic heterocycles. The van der Waals surface area contributed by atoms with Crippen LogP contribution in [-0.2, 0) is 23.9 Å². The first kappa shape index (κ1) is 23.7. The number of ketones is 1. The van der Waals surface area contributed by atoms with E-state index in [1.807, 2.05) is 0 Å². The third kappa shape index (κ3) is 3.51. The fourth-order valence-electron chi connectivity index (χ4n) is 8.38. The van der Waals surface area contributed by atoms with Gasteiger partial charge < -0.3 is 19.7 Å². The van der Waals surface area contributed by atoms with Crippen LogP contribution in [0.15, 0.2) is 0 Å². The summed E-state index contributed by atoms with van der Waals surface area (Å²) in [6, 6.07) is 0. The molecule has 4 saturated carbocycles. The number of hydrogen-bond donors (Lipinski definition) is 2. The van der Waals surface area contributed by atoms with Crippen molar-refractivity contribution in [1.29, 1.82) is 0 Å². The Morgan fingerprint density at radius 1 is 0.969 bits per heavy atom. The quantitative estimate of drug-likeness (QED) is 0.634. The number of carbonyl (C=O) groups excluding carboxylic acids is 3. The first-order valence-electron chi connectivity index (χ1n) is 12.2. The monoisotopic (exact) mass is 450 g/mol. The van der Waals surface area contributed by atoms with Crippen molar-refractivity contribution in [2.45, 2.75) is 96.9 Å². The average molecular weight is 451 g/mol. The molecule has 4 rings (SSSR count). The number of esters is 2. The lowest BCUT2D eigenvalue weighted by molar-refractivity contribution is -0.265. The SMILES string of the molecule is CC(=O)OCC(=O)[C@H]1CC[C@H]2[C@@H]3C[C@@H](O)[C@@]4(O)C[C@@H](OC(C)=O)CC[C@]4(C)[C@H]3CC[C@]12C. The number of aliphatic hydroxyl groups is 2. The standard InChI is InChI=1S/C25H38O7/c1-14(26)31-13-21(28)20-6-5-18-17-11-22(29)25(30)12-16(32-15(2)27)7-10-24(25,4)19(17)8-9-23(18,20)3/h16-20,22,29-30H,5-13H2,1-4H3/t16-,17-,18-,19-,20+,22+,23-,24+,25-/m0/s1. The van der Waals surface area contributed by atoms with Gasteiger partial charge in [0.25, 0.3) is 0 Å². The molecule has 4 fully saturated rings. The van der Waals surface area contributed by atoms with Crippen molar-refractivity contribution in [3.8, 4) is 0 Å². The molecule has 0 radical (unpaired) electrons. The predicted molar refractivity (Wildman–Crippen MR) is 115 cm³/mol. The highest BCUT2D eigenvalue weighted by Crippen LogP contribution is 2.68. The van der Waals surface area contributed by atoms with Crippen LogP contribution < -0.4 is 0 Å². The van der Waals surface area contributed by atoms with Gasteiger partial charge in [-0.1, -0.05) is 13.8 Å². The van der Waals surface area contributed by atoms with Gasteiger partial charge in [0.05, 0.1) is 11.7 Å². The van der Waals surface area contributed by atoms with Crippen molar-refractivity contribution in [3.63, 3.8) is 0 Å². The zero-order valence-corrected chi connectivity index (χ0v) is 19.8. The summed E-state index contributed by atoms with van der Waals surface area (Å²) in [7, 11) is 0. The van der Waals surface area contributed by atoms with E-state index in [9.17, 15) is 24.6 Å². The lowest BCUT2D eigenvalue weighted by Crippen LogP contribution is -2.68. The zero-order valence-electron chi connectivity index (χ0n) is 19.8. The molecule has 7 heteroatoms. The first-order chi connectivity index (χ1) is 14.9. The van der Waals surface area contributed by atoms with E-state index in [1.165, 1.54) is 13.8 Å². The molecule has 0 saturated heterocycles. The summed E-state index contributed by atoms with van der Waals surface area (Å²) < 4.78 is 10.4. The van der Waals surface area contributed by atoms with Crippen LogP contribution in [0.5, 0.6) is 0 Å².